The Bertz CT molecular complexity index is 133. The highest BCUT2D eigenvalue weighted by Crippen LogP contribution is 2.32. The molecule has 0 amide bonds. The summed E-state index contributed by atoms with van der Waals surface area (Å²) in [6, 6.07) is 0. The van der Waals surface area contributed by atoms with Crippen LogP contribution in [0, 0.1) is 11.8 Å². The van der Waals surface area contributed by atoms with Gasteiger partial charge in [0.15, 0.2) is 0 Å². The van der Waals surface area contributed by atoms with Crippen molar-refractivity contribution in [3.63, 3.8) is 0 Å². The van der Waals surface area contributed by atoms with Crippen LogP contribution in [0.3, 0.4) is 0 Å². The second-order valence-electron chi connectivity index (χ2n) is 4.50. The van der Waals surface area contributed by atoms with E-state index in [1.54, 1.807) is 4.90 Å². The average Bonchev–Trinajstić information content (AvgIpc) is 2.04. The van der Waals surface area contributed by atoms with Crippen molar-refractivity contribution in [2.75, 3.05) is 20.1 Å². The Balaban J connectivity index is 1.93. The molecule has 3 atom stereocenters. The molecular weight excluding hydrogens is 134 g/mol. The molecule has 0 aromatic rings. The Labute approximate surface area is 69.8 Å². The summed E-state index contributed by atoms with van der Waals surface area (Å²) in [5.41, 5.74) is 0. The van der Waals surface area contributed by atoms with Crippen LogP contribution in [0.15, 0.2) is 0 Å². The highest BCUT2D eigenvalue weighted by molar-refractivity contribution is 4.76. The van der Waals surface area contributed by atoms with Crippen molar-refractivity contribution < 1.29 is 4.90 Å². The molecular formula is C10H20N+. The highest BCUT2D eigenvalue weighted by atomic mass is 15.1. The molecule has 0 aromatic carbocycles. The quantitative estimate of drug-likeness (QED) is 0.524. The molecule has 1 aliphatic heterocycles. The van der Waals surface area contributed by atoms with Crippen LogP contribution < -0.4 is 4.90 Å². The van der Waals surface area contributed by atoms with Crippen LogP contribution in [0.1, 0.15) is 32.1 Å². The van der Waals surface area contributed by atoms with E-state index in [0.29, 0.717) is 0 Å². The number of hydrogen-bond acceptors (Lipinski definition) is 0. The normalized spacial score (nSPS) is 45.0. The Morgan fingerprint density at radius 3 is 2.55 bits per heavy atom. The summed E-state index contributed by atoms with van der Waals surface area (Å²) in [4.78, 5) is 1.77. The molecule has 0 spiro atoms. The van der Waals surface area contributed by atoms with Gasteiger partial charge in [-0.1, -0.05) is 12.8 Å². The van der Waals surface area contributed by atoms with Crippen LogP contribution in [0.4, 0.5) is 0 Å². The molecule has 0 radical (unpaired) electrons. The Hall–Kier alpha value is -0.0400. The average molecular weight is 154 g/mol. The minimum atomic E-state index is 1.09. The van der Waals surface area contributed by atoms with Crippen LogP contribution in [0.5, 0.6) is 0 Å². The third kappa shape index (κ3) is 1.58. The van der Waals surface area contributed by atoms with Crippen LogP contribution >= 0.6 is 0 Å². The van der Waals surface area contributed by atoms with Crippen molar-refractivity contribution >= 4 is 0 Å². The number of likely N-dealkylation sites (tertiary alicyclic amines) is 1. The van der Waals surface area contributed by atoms with Crippen LogP contribution in [-0.2, 0) is 0 Å². The molecule has 1 saturated carbocycles. The first-order valence-corrected chi connectivity index (χ1v) is 5.17. The van der Waals surface area contributed by atoms with E-state index < -0.39 is 0 Å². The predicted molar refractivity (Wildman–Crippen MR) is 46.7 cm³/mol. The van der Waals surface area contributed by atoms with Crippen molar-refractivity contribution in [3.05, 3.63) is 0 Å². The van der Waals surface area contributed by atoms with Crippen molar-refractivity contribution in [2.45, 2.75) is 32.1 Å². The third-order valence-corrected chi connectivity index (χ3v) is 3.62. The van der Waals surface area contributed by atoms with Crippen LogP contribution in [0.25, 0.3) is 0 Å². The maximum Gasteiger partial charge on any atom is 0.0800 e. The zero-order chi connectivity index (χ0) is 7.68. The molecule has 3 unspecified atom stereocenters. The van der Waals surface area contributed by atoms with Crippen LogP contribution in [0.2, 0.25) is 0 Å². The first-order chi connectivity index (χ1) is 5.36. The van der Waals surface area contributed by atoms with E-state index in [9.17, 15) is 0 Å². The van der Waals surface area contributed by atoms with Gasteiger partial charge < -0.3 is 4.90 Å². The number of hydrogen-bond donors (Lipinski definition) is 1. The summed E-state index contributed by atoms with van der Waals surface area (Å²) < 4.78 is 0. The first-order valence-electron chi connectivity index (χ1n) is 5.17. The number of quaternary nitrogens is 1. The summed E-state index contributed by atoms with van der Waals surface area (Å²) in [7, 11) is 2.35. The summed E-state index contributed by atoms with van der Waals surface area (Å²) >= 11 is 0. The van der Waals surface area contributed by atoms with Crippen molar-refractivity contribution in [1.82, 2.24) is 0 Å². The molecule has 2 rings (SSSR count). The largest absolute Gasteiger partial charge is 0.337 e. The fourth-order valence-corrected chi connectivity index (χ4v) is 2.91. The summed E-state index contributed by atoms with van der Waals surface area (Å²) in [6.45, 7) is 2.89. The molecule has 1 heteroatoms. The van der Waals surface area contributed by atoms with Gasteiger partial charge in [0.05, 0.1) is 20.1 Å². The van der Waals surface area contributed by atoms with E-state index in [4.69, 9.17) is 0 Å². The first kappa shape index (κ1) is 7.60. The molecule has 0 aromatic heterocycles. The van der Waals surface area contributed by atoms with E-state index in [-0.39, 0.29) is 0 Å². The number of nitrogens with one attached hydrogen (secondary N) is 1. The Kier molecular flexibility index (Phi) is 2.17. The number of rotatable bonds is 0. The van der Waals surface area contributed by atoms with E-state index >= 15 is 0 Å². The maximum atomic E-state index is 2.35. The zero-order valence-electron chi connectivity index (χ0n) is 7.60. The molecule has 2 fully saturated rings. The van der Waals surface area contributed by atoms with E-state index in [0.717, 1.165) is 11.8 Å². The van der Waals surface area contributed by atoms with Gasteiger partial charge in [-0.3, -0.25) is 0 Å². The predicted octanol–water partition coefficient (Wildman–Crippen LogP) is 0.711. The minimum absolute atomic E-state index is 1.09. The molecule has 1 nitrogen and oxygen atoms in total. The second kappa shape index (κ2) is 3.14. The van der Waals surface area contributed by atoms with Gasteiger partial charge in [0, 0.05) is 5.92 Å². The summed E-state index contributed by atoms with van der Waals surface area (Å²) in [5, 5.41) is 0. The molecule has 1 saturated heterocycles. The minimum Gasteiger partial charge on any atom is -0.337 e. The van der Waals surface area contributed by atoms with Gasteiger partial charge in [-0.15, -0.1) is 0 Å². The van der Waals surface area contributed by atoms with Crippen LogP contribution in [-0.4, -0.2) is 20.1 Å². The van der Waals surface area contributed by atoms with E-state index in [2.05, 4.69) is 7.05 Å². The Morgan fingerprint density at radius 1 is 1.00 bits per heavy atom. The molecule has 64 valence electrons. The van der Waals surface area contributed by atoms with Gasteiger partial charge in [0.25, 0.3) is 0 Å². The van der Waals surface area contributed by atoms with E-state index in [1.165, 1.54) is 45.2 Å². The fraction of sp³-hybridized carbons (Fsp3) is 1.00. The smallest absolute Gasteiger partial charge is 0.0800 e. The molecule has 1 heterocycles. The SMILES string of the molecule is C[NH+]1CCC2CCCCC2C1. The lowest BCUT2D eigenvalue weighted by Gasteiger charge is -2.37. The monoisotopic (exact) mass is 154 g/mol. The van der Waals surface area contributed by atoms with Crippen molar-refractivity contribution in [2.24, 2.45) is 11.8 Å². The van der Waals surface area contributed by atoms with Crippen molar-refractivity contribution in [1.29, 1.82) is 0 Å². The van der Waals surface area contributed by atoms with Gasteiger partial charge >= 0.3 is 0 Å². The molecule has 2 aliphatic rings. The number of piperidine rings is 1. The van der Waals surface area contributed by atoms with Gasteiger partial charge in [0.2, 0.25) is 0 Å². The van der Waals surface area contributed by atoms with Gasteiger partial charge in [0.1, 0.15) is 0 Å². The Morgan fingerprint density at radius 2 is 1.73 bits per heavy atom. The van der Waals surface area contributed by atoms with Gasteiger partial charge in [-0.05, 0) is 25.2 Å². The van der Waals surface area contributed by atoms with Crippen molar-refractivity contribution in [3.8, 4) is 0 Å². The van der Waals surface area contributed by atoms with Gasteiger partial charge in [-0.25, -0.2) is 0 Å². The lowest BCUT2D eigenvalue weighted by Crippen LogP contribution is -3.11. The lowest BCUT2D eigenvalue weighted by molar-refractivity contribution is -0.890. The molecule has 1 N–H and O–H groups in total. The molecule has 0 bridgehead atoms. The highest BCUT2D eigenvalue weighted by Gasteiger charge is 2.31. The third-order valence-electron chi connectivity index (χ3n) is 3.62. The summed E-state index contributed by atoms with van der Waals surface area (Å²) in [6.07, 6.45) is 7.60. The zero-order valence-corrected chi connectivity index (χ0v) is 7.60. The van der Waals surface area contributed by atoms with Gasteiger partial charge in [-0.2, -0.15) is 0 Å². The summed E-state index contributed by atoms with van der Waals surface area (Å²) in [5.74, 6) is 2.21. The van der Waals surface area contributed by atoms with E-state index in [1.807, 2.05) is 0 Å². The standard InChI is InChI=1S/C10H19N/c1-11-7-6-9-4-2-3-5-10(9)8-11/h9-10H,2-8H2,1H3/p+1. The maximum absolute atomic E-state index is 2.35. The topological polar surface area (TPSA) is 4.44 Å². The molecule has 11 heavy (non-hydrogen) atoms. The fourth-order valence-electron chi connectivity index (χ4n) is 2.91. The lowest BCUT2D eigenvalue weighted by atomic mass is 9.75. The molecule has 1 aliphatic carbocycles. The second-order valence-corrected chi connectivity index (χ2v) is 4.50. The number of fused-ring (bicyclic) bond motifs is 1.